The molecule has 2 N–H and O–H groups in total. The van der Waals surface area contributed by atoms with Crippen LogP contribution in [0.15, 0.2) is 71.3 Å². The number of aromatic hydroxyl groups is 1. The van der Waals surface area contributed by atoms with E-state index in [0.29, 0.717) is 40.2 Å². The largest absolute Gasteiger partial charge is 0.508 e. The van der Waals surface area contributed by atoms with Gasteiger partial charge in [-0.05, 0) is 67.4 Å². The van der Waals surface area contributed by atoms with E-state index >= 15 is 0 Å². The first-order valence-corrected chi connectivity index (χ1v) is 10.5. The van der Waals surface area contributed by atoms with Crippen molar-refractivity contribution < 1.29 is 24.3 Å². The van der Waals surface area contributed by atoms with E-state index in [0.717, 1.165) is 5.03 Å². The minimum absolute atomic E-state index is 0.0545. The molecule has 2 aromatic carbocycles. The molecule has 0 heterocycles. The summed E-state index contributed by atoms with van der Waals surface area (Å²) in [7, 11) is 0. The molecule has 0 spiro atoms. The van der Waals surface area contributed by atoms with Gasteiger partial charge in [0.15, 0.2) is 16.4 Å². The monoisotopic (exact) mass is 455 g/mol. The van der Waals surface area contributed by atoms with Gasteiger partial charge in [0.25, 0.3) is 0 Å². The third-order valence-corrected chi connectivity index (χ3v) is 5.25. The molecule has 1 aliphatic rings. The summed E-state index contributed by atoms with van der Waals surface area (Å²) in [6, 6.07) is 12.3. The van der Waals surface area contributed by atoms with Crippen LogP contribution in [0.4, 0.5) is 0 Å². The van der Waals surface area contributed by atoms with Crippen LogP contribution in [0.25, 0.3) is 0 Å². The van der Waals surface area contributed by atoms with Crippen LogP contribution in [-0.4, -0.2) is 33.8 Å². The number of ether oxygens (including phenoxy) is 1. The molecule has 0 saturated carbocycles. The van der Waals surface area contributed by atoms with Crippen molar-refractivity contribution in [1.82, 2.24) is 5.43 Å². The third kappa shape index (κ3) is 5.82. The highest BCUT2D eigenvalue weighted by atomic mass is 35.5. The van der Waals surface area contributed by atoms with Crippen molar-refractivity contribution in [1.29, 1.82) is 0 Å². The minimum atomic E-state index is -1.33. The number of nitrogens with one attached hydrogen (secondary N) is 1. The van der Waals surface area contributed by atoms with Crippen molar-refractivity contribution in [3.8, 4) is 11.5 Å². The summed E-state index contributed by atoms with van der Waals surface area (Å²) in [5, 5.41) is 10.0. The molecule has 8 heteroatoms. The van der Waals surface area contributed by atoms with Gasteiger partial charge in [0, 0.05) is 35.6 Å². The minimum Gasteiger partial charge on any atom is -0.508 e. The number of nitroso groups, excluding NO2 is 1. The highest BCUT2D eigenvalue weighted by Gasteiger charge is 2.39. The van der Waals surface area contributed by atoms with E-state index in [4.69, 9.17) is 16.3 Å². The maximum absolute atomic E-state index is 12.6. The molecular weight excluding hydrogens is 432 g/mol. The molecular formula is C24H24ClN2O5+. The smallest absolute Gasteiger partial charge is 0.377 e. The SMILES string of the molecule is CC(C)(Oc1ccc(C(=O)C2=CC=C(Cl)CC2)cc1)[N+](=O)NCC(=O)c1ccc(O)cc1. The molecule has 0 radical (unpaired) electrons. The second-order valence-corrected chi connectivity index (χ2v) is 8.29. The Morgan fingerprint density at radius 1 is 1.03 bits per heavy atom. The Hall–Kier alpha value is -3.45. The van der Waals surface area contributed by atoms with Crippen LogP contribution in [-0.2, 0) is 0 Å². The van der Waals surface area contributed by atoms with E-state index < -0.39 is 5.72 Å². The van der Waals surface area contributed by atoms with Gasteiger partial charge in [-0.3, -0.25) is 9.59 Å². The van der Waals surface area contributed by atoms with E-state index in [-0.39, 0.29) is 23.9 Å². The predicted molar refractivity (Wildman–Crippen MR) is 121 cm³/mol. The van der Waals surface area contributed by atoms with E-state index in [1.807, 2.05) is 0 Å². The Labute approximate surface area is 190 Å². The van der Waals surface area contributed by atoms with Gasteiger partial charge in [0.2, 0.25) is 0 Å². The maximum Gasteiger partial charge on any atom is 0.377 e. The lowest BCUT2D eigenvalue weighted by Crippen LogP contribution is -2.49. The Kier molecular flexibility index (Phi) is 7.10. The number of halogens is 1. The van der Waals surface area contributed by atoms with Crippen molar-refractivity contribution in [2.45, 2.75) is 32.4 Å². The number of Topliss-reactive ketones (excluding diaryl/α,β-unsaturated/α-hetero) is 2. The summed E-state index contributed by atoms with van der Waals surface area (Å²) < 4.78 is 5.77. The number of ketones is 2. The van der Waals surface area contributed by atoms with Crippen LogP contribution in [0, 0.1) is 4.91 Å². The van der Waals surface area contributed by atoms with E-state index in [1.165, 1.54) is 24.3 Å². The Bertz CT molecular complexity index is 1090. The molecule has 0 atom stereocenters. The second-order valence-electron chi connectivity index (χ2n) is 7.81. The molecule has 0 aromatic heterocycles. The average Bonchev–Trinajstić information content (AvgIpc) is 2.78. The first-order valence-electron chi connectivity index (χ1n) is 10.1. The zero-order valence-corrected chi connectivity index (χ0v) is 18.6. The fourth-order valence-electron chi connectivity index (χ4n) is 3.07. The lowest BCUT2D eigenvalue weighted by Gasteiger charge is -2.17. The van der Waals surface area contributed by atoms with Crippen LogP contribution in [0.1, 0.15) is 47.4 Å². The number of allylic oxidation sites excluding steroid dienone is 4. The summed E-state index contributed by atoms with van der Waals surface area (Å²) in [6.45, 7) is 2.88. The van der Waals surface area contributed by atoms with Crippen molar-refractivity contribution >= 4 is 23.2 Å². The fraction of sp³-hybridized carbons (Fsp3) is 0.250. The lowest BCUT2D eigenvalue weighted by molar-refractivity contribution is -0.704. The van der Waals surface area contributed by atoms with Crippen LogP contribution >= 0.6 is 11.6 Å². The number of nitrogens with zero attached hydrogens (tertiary/aromatic N) is 1. The summed E-state index contributed by atoms with van der Waals surface area (Å²) >= 11 is 5.94. The van der Waals surface area contributed by atoms with Crippen LogP contribution in [0.5, 0.6) is 11.5 Å². The zero-order valence-electron chi connectivity index (χ0n) is 17.8. The molecule has 0 saturated heterocycles. The molecule has 0 aliphatic heterocycles. The first-order chi connectivity index (χ1) is 15.2. The Morgan fingerprint density at radius 3 is 2.25 bits per heavy atom. The van der Waals surface area contributed by atoms with Gasteiger partial charge in [-0.1, -0.05) is 17.7 Å². The molecule has 7 nitrogen and oxygen atoms in total. The van der Waals surface area contributed by atoms with Crippen LogP contribution < -0.4 is 10.2 Å². The molecule has 2 aromatic rings. The number of hydrazine groups is 1. The number of carbonyl (C=O) groups excluding carboxylic acids is 2. The number of benzene rings is 2. The van der Waals surface area contributed by atoms with E-state index in [1.54, 1.807) is 50.3 Å². The highest BCUT2D eigenvalue weighted by molar-refractivity contribution is 6.30. The molecule has 32 heavy (non-hydrogen) atoms. The number of phenolic OH excluding ortho intramolecular Hbond substituents is 1. The van der Waals surface area contributed by atoms with E-state index in [2.05, 4.69) is 5.43 Å². The van der Waals surface area contributed by atoms with Crippen LogP contribution in [0.3, 0.4) is 0 Å². The van der Waals surface area contributed by atoms with Gasteiger partial charge >= 0.3 is 5.72 Å². The van der Waals surface area contributed by atoms with Crippen molar-refractivity contribution in [2.75, 3.05) is 6.54 Å². The van der Waals surface area contributed by atoms with Gasteiger partial charge in [0.1, 0.15) is 18.0 Å². The van der Waals surface area contributed by atoms with E-state index in [9.17, 15) is 19.6 Å². The molecule has 3 rings (SSSR count). The van der Waals surface area contributed by atoms with Gasteiger partial charge in [-0.2, -0.15) is 0 Å². The second kappa shape index (κ2) is 9.78. The molecule has 0 unspecified atom stereocenters. The lowest BCUT2D eigenvalue weighted by atomic mass is 9.96. The summed E-state index contributed by atoms with van der Waals surface area (Å²) in [4.78, 5) is 37.7. The zero-order chi connectivity index (χ0) is 23.3. The molecule has 0 bridgehead atoms. The van der Waals surface area contributed by atoms with Crippen LogP contribution in [0.2, 0.25) is 0 Å². The summed E-state index contributed by atoms with van der Waals surface area (Å²) in [6.07, 6.45) is 4.72. The molecule has 0 amide bonds. The first kappa shape index (κ1) is 23.2. The fourth-order valence-corrected chi connectivity index (χ4v) is 3.23. The summed E-state index contributed by atoms with van der Waals surface area (Å²) in [5.41, 5.74) is 2.75. The number of hydrogen-bond donors (Lipinski definition) is 2. The third-order valence-electron chi connectivity index (χ3n) is 4.94. The maximum atomic E-state index is 12.6. The quantitative estimate of drug-likeness (QED) is 0.246. The average molecular weight is 456 g/mol. The highest BCUT2D eigenvalue weighted by Crippen LogP contribution is 2.25. The number of rotatable bonds is 9. The topological polar surface area (TPSA) is 95.7 Å². The normalized spacial score (nSPS) is 13.6. The molecule has 0 fully saturated rings. The Balaban J connectivity index is 1.58. The van der Waals surface area contributed by atoms with Crippen molar-refractivity contribution in [3.05, 3.63) is 87.3 Å². The van der Waals surface area contributed by atoms with Crippen molar-refractivity contribution in [3.63, 3.8) is 0 Å². The molecule has 1 aliphatic carbocycles. The van der Waals surface area contributed by atoms with Gasteiger partial charge < -0.3 is 9.84 Å². The van der Waals surface area contributed by atoms with Gasteiger partial charge in [-0.25, -0.2) is 0 Å². The number of hydrogen-bond acceptors (Lipinski definition) is 5. The predicted octanol–water partition coefficient (Wildman–Crippen LogP) is 4.70. The standard InChI is InChI=1S/C24H23ClN2O5/c1-24(2,27(31)26-15-22(29)16-5-11-20(28)12-6-16)32-21-13-7-18(8-14-21)23(30)17-3-9-19(25)10-4-17/h3,5-9,11-14H,4,10,15H2,1-2H3,(H-,26,28,29,31)/p+1. The molecule has 166 valence electrons. The summed E-state index contributed by atoms with van der Waals surface area (Å²) in [5.74, 6) is 0.0762. The Morgan fingerprint density at radius 2 is 1.66 bits per heavy atom. The van der Waals surface area contributed by atoms with Gasteiger partial charge in [0.05, 0.1) is 4.91 Å². The number of carbonyl (C=O) groups is 2. The van der Waals surface area contributed by atoms with Gasteiger partial charge in [-0.15, -0.1) is 5.43 Å². The number of phenols is 1. The van der Waals surface area contributed by atoms with Crippen molar-refractivity contribution in [2.24, 2.45) is 0 Å².